The molecule has 0 bridgehead atoms. The molecular formula is C26H20FN3O2. The standard InChI is InChI=1S/C26H20FN3O2/c1-32-23-12-10-22(11-13-23)29-26(31)19(15-28)14-20-17-30(25-5-3-2-4-24(20)25)16-18-6-8-21(27)9-7-18/h2-14,17H,16H2,1H3,(H,29,31). The molecular weight excluding hydrogens is 405 g/mol. The lowest BCUT2D eigenvalue weighted by Crippen LogP contribution is -2.13. The summed E-state index contributed by atoms with van der Waals surface area (Å²) in [6.07, 6.45) is 3.48. The van der Waals surface area contributed by atoms with Crippen LogP contribution in [0.25, 0.3) is 17.0 Å². The van der Waals surface area contributed by atoms with Crippen LogP contribution in [0.2, 0.25) is 0 Å². The monoisotopic (exact) mass is 425 g/mol. The molecule has 0 radical (unpaired) electrons. The molecule has 5 nitrogen and oxygen atoms in total. The predicted molar refractivity (Wildman–Crippen MR) is 123 cm³/mol. The van der Waals surface area contributed by atoms with Crippen molar-refractivity contribution in [1.29, 1.82) is 5.26 Å². The number of nitriles is 1. The summed E-state index contributed by atoms with van der Waals surface area (Å²) >= 11 is 0. The van der Waals surface area contributed by atoms with Gasteiger partial charge in [-0.1, -0.05) is 30.3 Å². The third-order valence-electron chi connectivity index (χ3n) is 5.10. The Morgan fingerprint density at radius 1 is 1.09 bits per heavy atom. The van der Waals surface area contributed by atoms with E-state index in [1.54, 1.807) is 49.6 Å². The lowest BCUT2D eigenvalue weighted by atomic mass is 10.1. The number of hydrogen-bond acceptors (Lipinski definition) is 3. The van der Waals surface area contributed by atoms with Crippen molar-refractivity contribution in [2.75, 3.05) is 12.4 Å². The Hall–Kier alpha value is -4.37. The van der Waals surface area contributed by atoms with Gasteiger partial charge < -0.3 is 14.6 Å². The van der Waals surface area contributed by atoms with Gasteiger partial charge >= 0.3 is 0 Å². The molecule has 0 aliphatic carbocycles. The lowest BCUT2D eigenvalue weighted by Gasteiger charge is -2.05. The van der Waals surface area contributed by atoms with Gasteiger partial charge in [-0.05, 0) is 54.1 Å². The Balaban J connectivity index is 1.64. The van der Waals surface area contributed by atoms with Crippen LogP contribution in [0.15, 0.2) is 84.6 Å². The van der Waals surface area contributed by atoms with Crippen molar-refractivity contribution in [2.45, 2.75) is 6.54 Å². The first-order valence-electron chi connectivity index (χ1n) is 9.97. The van der Waals surface area contributed by atoms with Gasteiger partial charge in [-0.15, -0.1) is 0 Å². The summed E-state index contributed by atoms with van der Waals surface area (Å²) in [5.74, 6) is -0.0997. The molecule has 1 aromatic heterocycles. The maximum Gasteiger partial charge on any atom is 0.266 e. The van der Waals surface area contributed by atoms with Gasteiger partial charge in [0.2, 0.25) is 0 Å². The van der Waals surface area contributed by atoms with E-state index in [9.17, 15) is 14.4 Å². The molecule has 6 heteroatoms. The van der Waals surface area contributed by atoms with E-state index >= 15 is 0 Å². The maximum atomic E-state index is 13.2. The molecule has 0 spiro atoms. The summed E-state index contributed by atoms with van der Waals surface area (Å²) in [6, 6.07) is 23.0. The molecule has 3 aromatic carbocycles. The fourth-order valence-corrected chi connectivity index (χ4v) is 3.48. The highest BCUT2D eigenvalue weighted by atomic mass is 19.1. The second-order valence-corrected chi connectivity index (χ2v) is 7.21. The van der Waals surface area contributed by atoms with Gasteiger partial charge in [-0.2, -0.15) is 5.26 Å². The van der Waals surface area contributed by atoms with E-state index in [-0.39, 0.29) is 11.4 Å². The Morgan fingerprint density at radius 3 is 2.50 bits per heavy atom. The number of fused-ring (bicyclic) bond motifs is 1. The van der Waals surface area contributed by atoms with Crippen LogP contribution in [0.3, 0.4) is 0 Å². The number of rotatable bonds is 6. The minimum Gasteiger partial charge on any atom is -0.497 e. The first-order valence-corrected chi connectivity index (χ1v) is 9.97. The summed E-state index contributed by atoms with van der Waals surface area (Å²) in [6.45, 7) is 0.536. The summed E-state index contributed by atoms with van der Waals surface area (Å²) in [5.41, 5.74) is 3.21. The molecule has 158 valence electrons. The number of benzene rings is 3. The number of carbonyl (C=O) groups excluding carboxylic acids is 1. The normalized spacial score (nSPS) is 11.2. The van der Waals surface area contributed by atoms with E-state index in [0.717, 1.165) is 22.0 Å². The molecule has 1 heterocycles. The smallest absolute Gasteiger partial charge is 0.266 e. The van der Waals surface area contributed by atoms with E-state index in [2.05, 4.69) is 5.32 Å². The molecule has 0 saturated heterocycles. The van der Waals surface area contributed by atoms with Crippen molar-refractivity contribution in [3.05, 3.63) is 102 Å². The second kappa shape index (κ2) is 9.19. The average Bonchev–Trinajstić information content (AvgIpc) is 3.16. The molecule has 32 heavy (non-hydrogen) atoms. The van der Waals surface area contributed by atoms with Crippen LogP contribution in [0.1, 0.15) is 11.1 Å². The number of para-hydroxylation sites is 1. The molecule has 4 aromatic rings. The minimum absolute atomic E-state index is 0.00879. The number of aromatic nitrogens is 1. The van der Waals surface area contributed by atoms with Gasteiger partial charge in [-0.25, -0.2) is 4.39 Å². The minimum atomic E-state index is -0.493. The quantitative estimate of drug-likeness (QED) is 0.333. The van der Waals surface area contributed by atoms with E-state index in [4.69, 9.17) is 4.74 Å². The average molecular weight is 425 g/mol. The molecule has 0 aliphatic heterocycles. The number of carbonyl (C=O) groups is 1. The Labute approximate surface area is 185 Å². The number of amides is 1. The van der Waals surface area contributed by atoms with Gasteiger partial charge in [0, 0.05) is 34.9 Å². The Morgan fingerprint density at radius 2 is 1.81 bits per heavy atom. The zero-order valence-electron chi connectivity index (χ0n) is 17.4. The number of hydrogen-bond donors (Lipinski definition) is 1. The lowest BCUT2D eigenvalue weighted by molar-refractivity contribution is -0.112. The molecule has 1 amide bonds. The van der Waals surface area contributed by atoms with Gasteiger partial charge in [0.05, 0.1) is 7.11 Å². The van der Waals surface area contributed by atoms with Crippen LogP contribution < -0.4 is 10.1 Å². The van der Waals surface area contributed by atoms with Crippen molar-refractivity contribution < 1.29 is 13.9 Å². The number of nitrogens with zero attached hydrogens (tertiary/aromatic N) is 2. The molecule has 4 rings (SSSR count). The van der Waals surface area contributed by atoms with Crippen LogP contribution in [-0.2, 0) is 11.3 Å². The fourth-order valence-electron chi connectivity index (χ4n) is 3.48. The molecule has 0 unspecified atom stereocenters. The summed E-state index contributed by atoms with van der Waals surface area (Å²) in [7, 11) is 1.57. The largest absolute Gasteiger partial charge is 0.497 e. The summed E-state index contributed by atoms with van der Waals surface area (Å²) in [4.78, 5) is 12.7. The number of nitrogens with one attached hydrogen (secondary N) is 1. The molecule has 0 saturated carbocycles. The van der Waals surface area contributed by atoms with E-state index in [1.165, 1.54) is 12.1 Å². The fraction of sp³-hybridized carbons (Fsp3) is 0.0769. The highest BCUT2D eigenvalue weighted by Crippen LogP contribution is 2.25. The first kappa shape index (κ1) is 20.9. The summed E-state index contributed by atoms with van der Waals surface area (Å²) < 4.78 is 20.4. The Bertz CT molecular complexity index is 1330. The maximum absolute atomic E-state index is 13.2. The first-order chi connectivity index (χ1) is 15.6. The van der Waals surface area contributed by atoms with Crippen LogP contribution >= 0.6 is 0 Å². The number of anilines is 1. The number of methoxy groups -OCH3 is 1. The SMILES string of the molecule is COc1ccc(NC(=O)C(C#N)=Cc2cn(Cc3ccc(F)cc3)c3ccccc23)cc1. The highest BCUT2D eigenvalue weighted by Gasteiger charge is 2.13. The molecule has 0 atom stereocenters. The van der Waals surface area contributed by atoms with Crippen molar-refractivity contribution >= 4 is 28.6 Å². The molecule has 0 fully saturated rings. The zero-order chi connectivity index (χ0) is 22.5. The third-order valence-corrected chi connectivity index (χ3v) is 5.10. The van der Waals surface area contributed by atoms with Crippen LogP contribution in [0.5, 0.6) is 5.75 Å². The predicted octanol–water partition coefficient (Wildman–Crippen LogP) is 5.38. The van der Waals surface area contributed by atoms with Crippen molar-refractivity contribution in [3.63, 3.8) is 0 Å². The van der Waals surface area contributed by atoms with E-state index in [0.29, 0.717) is 18.0 Å². The summed E-state index contributed by atoms with van der Waals surface area (Å²) in [5, 5.41) is 13.3. The van der Waals surface area contributed by atoms with E-state index < -0.39 is 5.91 Å². The van der Waals surface area contributed by atoms with Crippen molar-refractivity contribution in [3.8, 4) is 11.8 Å². The Kier molecular flexibility index (Phi) is 6.00. The number of ether oxygens (including phenoxy) is 1. The van der Waals surface area contributed by atoms with Crippen LogP contribution in [0, 0.1) is 17.1 Å². The van der Waals surface area contributed by atoms with Crippen LogP contribution in [0.4, 0.5) is 10.1 Å². The zero-order valence-corrected chi connectivity index (χ0v) is 17.4. The van der Waals surface area contributed by atoms with Crippen molar-refractivity contribution in [2.24, 2.45) is 0 Å². The van der Waals surface area contributed by atoms with Crippen LogP contribution in [-0.4, -0.2) is 17.6 Å². The van der Waals surface area contributed by atoms with Crippen molar-refractivity contribution in [1.82, 2.24) is 4.57 Å². The molecule has 0 aliphatic rings. The van der Waals surface area contributed by atoms with Gasteiger partial charge in [0.1, 0.15) is 23.2 Å². The van der Waals surface area contributed by atoms with E-state index in [1.807, 2.05) is 41.1 Å². The third kappa shape index (κ3) is 4.52. The highest BCUT2D eigenvalue weighted by molar-refractivity contribution is 6.10. The second-order valence-electron chi connectivity index (χ2n) is 7.21. The topological polar surface area (TPSA) is 67.0 Å². The van der Waals surface area contributed by atoms with Gasteiger partial charge in [0.15, 0.2) is 0 Å². The van der Waals surface area contributed by atoms with Gasteiger partial charge in [0.25, 0.3) is 5.91 Å². The molecule has 1 N–H and O–H groups in total. The van der Waals surface area contributed by atoms with Gasteiger partial charge in [-0.3, -0.25) is 4.79 Å². The number of halogens is 1.